The second-order valence-corrected chi connectivity index (χ2v) is 8.66. The number of thioether (sulfide) groups is 1. The lowest BCUT2D eigenvalue weighted by Crippen LogP contribution is -2.15. The topological polar surface area (TPSA) is 81.9 Å². The van der Waals surface area contributed by atoms with Crippen LogP contribution in [-0.2, 0) is 10.2 Å². The summed E-state index contributed by atoms with van der Waals surface area (Å²) in [7, 11) is 1.60. The van der Waals surface area contributed by atoms with Crippen LogP contribution >= 0.6 is 11.8 Å². The number of aryl methyl sites for hydroxylation is 1. The number of anilines is 1. The predicted octanol–water partition coefficient (Wildman–Crippen LogP) is 4.01. The third-order valence-corrected chi connectivity index (χ3v) is 5.29. The van der Waals surface area contributed by atoms with E-state index in [1.54, 1.807) is 11.8 Å². The molecule has 1 N–H and O–H groups in total. The number of hydrogen-bond donors (Lipinski definition) is 1. The molecule has 3 rings (SSSR count). The van der Waals surface area contributed by atoms with Crippen LogP contribution in [0.1, 0.15) is 31.9 Å². The fraction of sp³-hybridized carbons (Fsp3) is 0.333. The predicted molar refractivity (Wildman–Crippen MR) is 115 cm³/mol. The van der Waals surface area contributed by atoms with Crippen molar-refractivity contribution in [3.63, 3.8) is 0 Å². The Morgan fingerprint density at radius 3 is 2.55 bits per heavy atom. The average Bonchev–Trinajstić information content (AvgIpc) is 3.14. The van der Waals surface area contributed by atoms with Gasteiger partial charge in [-0.15, -0.1) is 5.10 Å². The second kappa shape index (κ2) is 8.65. The lowest BCUT2D eigenvalue weighted by Gasteiger charge is -2.19. The number of carbonyl (C=O) groups is 1. The van der Waals surface area contributed by atoms with E-state index in [1.807, 2.05) is 49.4 Å². The van der Waals surface area contributed by atoms with Crippen molar-refractivity contribution in [1.82, 2.24) is 20.2 Å². The number of ether oxygens (including phenoxy) is 1. The molecule has 29 heavy (non-hydrogen) atoms. The van der Waals surface area contributed by atoms with Gasteiger partial charge >= 0.3 is 0 Å². The van der Waals surface area contributed by atoms with Crippen molar-refractivity contribution in [2.75, 3.05) is 18.2 Å². The number of hydrogen-bond acceptors (Lipinski definition) is 6. The first-order chi connectivity index (χ1) is 13.8. The van der Waals surface area contributed by atoms with Crippen molar-refractivity contribution >= 4 is 23.4 Å². The first-order valence-electron chi connectivity index (χ1n) is 9.24. The first kappa shape index (κ1) is 20.9. The van der Waals surface area contributed by atoms with E-state index in [9.17, 15) is 4.79 Å². The molecule has 7 nitrogen and oxygen atoms in total. The molecule has 8 heteroatoms. The van der Waals surface area contributed by atoms with E-state index >= 15 is 0 Å². The van der Waals surface area contributed by atoms with Gasteiger partial charge in [-0.05, 0) is 58.2 Å². The Balaban J connectivity index is 1.66. The van der Waals surface area contributed by atoms with Crippen molar-refractivity contribution in [2.45, 2.75) is 38.3 Å². The van der Waals surface area contributed by atoms with Gasteiger partial charge in [0, 0.05) is 5.69 Å². The summed E-state index contributed by atoms with van der Waals surface area (Å²) in [5.74, 6) is 0.729. The molecule has 0 radical (unpaired) electrons. The minimum atomic E-state index is -0.121. The molecule has 1 aromatic heterocycles. The van der Waals surface area contributed by atoms with Crippen LogP contribution in [0.25, 0.3) is 5.69 Å². The number of tetrazole rings is 1. The van der Waals surface area contributed by atoms with Crippen LogP contribution in [-0.4, -0.2) is 39.0 Å². The van der Waals surface area contributed by atoms with Crippen molar-refractivity contribution in [2.24, 2.45) is 0 Å². The van der Waals surface area contributed by atoms with E-state index in [-0.39, 0.29) is 17.1 Å². The normalized spacial score (nSPS) is 11.3. The average molecular weight is 412 g/mol. The van der Waals surface area contributed by atoms with Crippen LogP contribution in [0.3, 0.4) is 0 Å². The summed E-state index contributed by atoms with van der Waals surface area (Å²) in [4.78, 5) is 12.4. The maximum Gasteiger partial charge on any atom is 0.234 e. The summed E-state index contributed by atoms with van der Waals surface area (Å²) in [6, 6.07) is 13.7. The zero-order chi connectivity index (χ0) is 21.0. The van der Waals surface area contributed by atoms with Gasteiger partial charge in [-0.3, -0.25) is 4.79 Å². The second-order valence-electron chi connectivity index (χ2n) is 7.71. The third-order valence-electron chi connectivity index (χ3n) is 4.37. The smallest absolute Gasteiger partial charge is 0.234 e. The minimum absolute atomic E-state index is 0.0757. The van der Waals surface area contributed by atoms with Crippen LogP contribution in [0.4, 0.5) is 5.69 Å². The quantitative estimate of drug-likeness (QED) is 0.617. The van der Waals surface area contributed by atoms with Gasteiger partial charge in [0.05, 0.1) is 12.9 Å². The molecular formula is C21H25N5O2S. The molecule has 2 aromatic carbocycles. The van der Waals surface area contributed by atoms with Gasteiger partial charge in [0.15, 0.2) is 0 Å². The van der Waals surface area contributed by atoms with E-state index in [2.05, 4.69) is 41.6 Å². The van der Waals surface area contributed by atoms with E-state index in [0.29, 0.717) is 10.9 Å². The van der Waals surface area contributed by atoms with Crippen LogP contribution < -0.4 is 10.1 Å². The molecule has 0 saturated carbocycles. The molecule has 0 saturated heterocycles. The van der Waals surface area contributed by atoms with Gasteiger partial charge in [0.25, 0.3) is 0 Å². The first-order valence-corrected chi connectivity index (χ1v) is 10.2. The number of amides is 1. The van der Waals surface area contributed by atoms with Gasteiger partial charge in [0.1, 0.15) is 11.4 Å². The number of benzene rings is 2. The number of rotatable bonds is 6. The summed E-state index contributed by atoms with van der Waals surface area (Å²) < 4.78 is 7.00. The van der Waals surface area contributed by atoms with Crippen molar-refractivity contribution < 1.29 is 9.53 Å². The molecule has 1 heterocycles. The molecule has 3 aromatic rings. The molecule has 0 atom stereocenters. The highest BCUT2D eigenvalue weighted by Crippen LogP contribution is 2.27. The maximum atomic E-state index is 12.4. The van der Waals surface area contributed by atoms with Crippen LogP contribution in [0.15, 0.2) is 47.6 Å². The lowest BCUT2D eigenvalue weighted by molar-refractivity contribution is -0.113. The van der Waals surface area contributed by atoms with Gasteiger partial charge < -0.3 is 10.1 Å². The van der Waals surface area contributed by atoms with Gasteiger partial charge in [-0.1, -0.05) is 50.7 Å². The largest absolute Gasteiger partial charge is 0.494 e. The molecule has 1 amide bonds. The number of methoxy groups -OCH3 is 1. The highest BCUT2D eigenvalue weighted by atomic mass is 32.2. The van der Waals surface area contributed by atoms with Crippen LogP contribution in [0.2, 0.25) is 0 Å². The summed E-state index contributed by atoms with van der Waals surface area (Å²) in [5.41, 5.74) is 3.85. The van der Waals surface area contributed by atoms with Gasteiger partial charge in [-0.25, -0.2) is 0 Å². The Labute approximate surface area is 174 Å². The minimum Gasteiger partial charge on any atom is -0.494 e. The molecule has 152 valence electrons. The summed E-state index contributed by atoms with van der Waals surface area (Å²) in [5, 5.41) is 15.3. The number of carbonyl (C=O) groups excluding carboxylic acids is 1. The van der Waals surface area contributed by atoms with Crippen molar-refractivity contribution in [3.8, 4) is 11.4 Å². The molecule has 0 unspecified atom stereocenters. The van der Waals surface area contributed by atoms with E-state index < -0.39 is 0 Å². The van der Waals surface area contributed by atoms with Crippen LogP contribution in [0, 0.1) is 6.92 Å². The Morgan fingerprint density at radius 2 is 1.90 bits per heavy atom. The number of aromatic nitrogens is 4. The Kier molecular flexibility index (Phi) is 6.22. The fourth-order valence-electron chi connectivity index (χ4n) is 2.77. The maximum absolute atomic E-state index is 12.4. The Morgan fingerprint density at radius 1 is 1.17 bits per heavy atom. The molecule has 0 aliphatic carbocycles. The molecule has 0 aliphatic rings. The monoisotopic (exact) mass is 411 g/mol. The SMILES string of the molecule is COc1ccc(C)cc1-n1nnnc1SCC(=O)Nc1ccc(C(C)(C)C)cc1. The Hall–Kier alpha value is -2.87. The van der Waals surface area contributed by atoms with E-state index in [4.69, 9.17) is 4.74 Å². The Bertz CT molecular complexity index is 993. The highest BCUT2D eigenvalue weighted by Gasteiger charge is 2.16. The standard InChI is InChI=1S/C21H25N5O2S/c1-14-6-11-18(28-5)17(12-14)26-20(23-24-25-26)29-13-19(27)22-16-9-7-15(8-10-16)21(2,3)4/h6-12H,13H2,1-5H3,(H,22,27). The molecular weight excluding hydrogens is 386 g/mol. The third kappa shape index (κ3) is 5.14. The highest BCUT2D eigenvalue weighted by molar-refractivity contribution is 7.99. The van der Waals surface area contributed by atoms with Gasteiger partial charge in [-0.2, -0.15) is 4.68 Å². The molecule has 0 bridgehead atoms. The van der Waals surface area contributed by atoms with Crippen molar-refractivity contribution in [3.05, 3.63) is 53.6 Å². The molecule has 0 fully saturated rings. The summed E-state index contributed by atoms with van der Waals surface area (Å²) >= 11 is 1.27. The number of nitrogens with zero attached hydrogens (tertiary/aromatic N) is 4. The summed E-state index contributed by atoms with van der Waals surface area (Å²) in [6.07, 6.45) is 0. The lowest BCUT2D eigenvalue weighted by atomic mass is 9.87. The van der Waals surface area contributed by atoms with Gasteiger partial charge in [0.2, 0.25) is 11.1 Å². The van der Waals surface area contributed by atoms with E-state index in [1.165, 1.54) is 17.3 Å². The van der Waals surface area contributed by atoms with E-state index in [0.717, 1.165) is 16.9 Å². The zero-order valence-electron chi connectivity index (χ0n) is 17.3. The fourth-order valence-corrected chi connectivity index (χ4v) is 3.45. The summed E-state index contributed by atoms with van der Waals surface area (Å²) in [6.45, 7) is 8.46. The number of nitrogens with one attached hydrogen (secondary N) is 1. The molecule has 0 aliphatic heterocycles. The van der Waals surface area contributed by atoms with Crippen LogP contribution in [0.5, 0.6) is 5.75 Å². The molecule has 0 spiro atoms. The zero-order valence-corrected chi connectivity index (χ0v) is 18.1. The van der Waals surface area contributed by atoms with Crippen molar-refractivity contribution in [1.29, 1.82) is 0 Å².